The Hall–Kier alpha value is -2.50. The van der Waals surface area contributed by atoms with E-state index >= 15 is 0 Å². The van der Waals surface area contributed by atoms with Crippen LogP contribution >= 0.6 is 0 Å². The number of urea groups is 1. The Morgan fingerprint density at radius 1 is 1.33 bits per heavy atom. The van der Waals surface area contributed by atoms with Crippen molar-refractivity contribution in [3.8, 4) is 0 Å². The molecule has 1 aromatic rings. The fourth-order valence-electron chi connectivity index (χ4n) is 3.09. The zero-order valence-electron chi connectivity index (χ0n) is 13.9. The van der Waals surface area contributed by atoms with Crippen molar-refractivity contribution >= 4 is 23.5 Å². The first kappa shape index (κ1) is 16.4. The molecule has 0 aromatic heterocycles. The van der Waals surface area contributed by atoms with E-state index in [0.29, 0.717) is 18.8 Å². The molecule has 6 nitrogen and oxygen atoms in total. The maximum atomic E-state index is 12.2. The molecule has 2 aliphatic rings. The van der Waals surface area contributed by atoms with Gasteiger partial charge in [0, 0.05) is 17.4 Å². The van der Waals surface area contributed by atoms with Crippen molar-refractivity contribution in [1.82, 2.24) is 5.32 Å². The van der Waals surface area contributed by atoms with Crippen molar-refractivity contribution in [1.29, 1.82) is 0 Å². The second kappa shape index (κ2) is 7.38. The van der Waals surface area contributed by atoms with E-state index in [2.05, 4.69) is 16.7 Å². The number of cyclic esters (lactones) is 1. The monoisotopic (exact) mass is 329 g/mol. The van der Waals surface area contributed by atoms with Crippen LogP contribution in [0.3, 0.4) is 0 Å². The average Bonchev–Trinajstić information content (AvgIpc) is 3.02. The summed E-state index contributed by atoms with van der Waals surface area (Å²) in [5.74, 6) is 0. The summed E-state index contributed by atoms with van der Waals surface area (Å²) >= 11 is 0. The lowest BCUT2D eigenvalue weighted by molar-refractivity contribution is 0.181. The Labute approximate surface area is 141 Å². The first-order chi connectivity index (χ1) is 11.6. The predicted octanol–water partition coefficient (Wildman–Crippen LogP) is 3.65. The van der Waals surface area contributed by atoms with E-state index in [-0.39, 0.29) is 18.2 Å². The summed E-state index contributed by atoms with van der Waals surface area (Å²) in [5, 5.41) is 5.81. The van der Waals surface area contributed by atoms with Gasteiger partial charge in [0.2, 0.25) is 0 Å². The van der Waals surface area contributed by atoms with Crippen LogP contribution in [0.5, 0.6) is 0 Å². The van der Waals surface area contributed by atoms with Crippen molar-refractivity contribution in [3.05, 3.63) is 35.9 Å². The third kappa shape index (κ3) is 3.88. The van der Waals surface area contributed by atoms with Crippen molar-refractivity contribution in [2.75, 3.05) is 23.4 Å². The van der Waals surface area contributed by atoms with Gasteiger partial charge < -0.3 is 15.4 Å². The summed E-state index contributed by atoms with van der Waals surface area (Å²) in [4.78, 5) is 25.4. The Kier molecular flexibility index (Phi) is 5.03. The molecule has 0 radical (unpaired) electrons. The smallest absolute Gasteiger partial charge is 0.414 e. The highest BCUT2D eigenvalue weighted by Gasteiger charge is 2.23. The SMILES string of the molecule is CC(NC(=O)Nc1cccc(N2CCOC2=O)c1)C1=CCCCC1. The molecule has 1 saturated heterocycles. The van der Waals surface area contributed by atoms with Gasteiger partial charge in [0.25, 0.3) is 0 Å². The number of benzene rings is 1. The molecule has 2 N–H and O–H groups in total. The molecule has 1 aliphatic heterocycles. The van der Waals surface area contributed by atoms with Crippen molar-refractivity contribution in [2.24, 2.45) is 0 Å². The number of nitrogens with one attached hydrogen (secondary N) is 2. The van der Waals surface area contributed by atoms with E-state index < -0.39 is 0 Å². The number of hydrogen-bond acceptors (Lipinski definition) is 3. The molecule has 1 heterocycles. The van der Waals surface area contributed by atoms with Gasteiger partial charge in [-0.15, -0.1) is 0 Å². The molecule has 0 spiro atoms. The quantitative estimate of drug-likeness (QED) is 0.828. The number of rotatable bonds is 4. The Bertz CT molecular complexity index is 657. The Morgan fingerprint density at radius 2 is 2.21 bits per heavy atom. The molecular weight excluding hydrogens is 306 g/mol. The summed E-state index contributed by atoms with van der Waals surface area (Å²) in [7, 11) is 0. The summed E-state index contributed by atoms with van der Waals surface area (Å²) in [5.41, 5.74) is 2.66. The van der Waals surface area contributed by atoms with Crippen LogP contribution in [0.15, 0.2) is 35.9 Å². The summed E-state index contributed by atoms with van der Waals surface area (Å²) in [6, 6.07) is 7.00. The van der Waals surface area contributed by atoms with Crippen LogP contribution in [0.1, 0.15) is 32.6 Å². The van der Waals surface area contributed by atoms with Crippen LogP contribution in [0, 0.1) is 0 Å². The minimum Gasteiger partial charge on any atom is -0.447 e. The molecule has 1 atom stereocenters. The third-order valence-corrected chi connectivity index (χ3v) is 4.41. The van der Waals surface area contributed by atoms with Crippen molar-refractivity contribution in [2.45, 2.75) is 38.6 Å². The number of ether oxygens (including phenoxy) is 1. The molecule has 0 bridgehead atoms. The maximum absolute atomic E-state index is 12.2. The standard InChI is InChI=1S/C18H23N3O3/c1-13(14-6-3-2-4-7-14)19-17(22)20-15-8-5-9-16(12-15)21-10-11-24-18(21)23/h5-6,8-9,12-13H,2-4,7,10-11H2,1H3,(H2,19,20,22). The lowest BCUT2D eigenvalue weighted by Crippen LogP contribution is -2.37. The summed E-state index contributed by atoms with van der Waals surface area (Å²) in [6.07, 6.45) is 6.44. The first-order valence-corrected chi connectivity index (χ1v) is 8.44. The largest absolute Gasteiger partial charge is 0.447 e. The van der Waals surface area contributed by atoms with Gasteiger partial charge in [-0.3, -0.25) is 4.90 Å². The predicted molar refractivity (Wildman–Crippen MR) is 93.3 cm³/mol. The van der Waals surface area contributed by atoms with Gasteiger partial charge in [-0.25, -0.2) is 9.59 Å². The van der Waals surface area contributed by atoms with Crippen molar-refractivity contribution in [3.63, 3.8) is 0 Å². The van der Waals surface area contributed by atoms with E-state index in [1.807, 2.05) is 19.1 Å². The zero-order valence-corrected chi connectivity index (χ0v) is 13.9. The fraction of sp³-hybridized carbons (Fsp3) is 0.444. The highest BCUT2D eigenvalue weighted by atomic mass is 16.6. The number of carbonyl (C=O) groups is 2. The molecule has 0 saturated carbocycles. The number of carbonyl (C=O) groups excluding carboxylic acids is 2. The second-order valence-corrected chi connectivity index (χ2v) is 6.16. The van der Waals surface area contributed by atoms with Gasteiger partial charge in [-0.05, 0) is 50.8 Å². The minimum atomic E-state index is -0.352. The molecule has 1 unspecified atom stereocenters. The average molecular weight is 329 g/mol. The molecule has 1 fully saturated rings. The molecule has 1 aromatic carbocycles. The molecule has 6 heteroatoms. The van der Waals surface area contributed by atoms with Crippen LogP contribution in [-0.4, -0.2) is 31.3 Å². The van der Waals surface area contributed by atoms with Crippen LogP contribution in [0.4, 0.5) is 21.0 Å². The lowest BCUT2D eigenvalue weighted by Gasteiger charge is -2.21. The zero-order chi connectivity index (χ0) is 16.9. The maximum Gasteiger partial charge on any atom is 0.414 e. The van der Waals surface area contributed by atoms with Gasteiger partial charge >= 0.3 is 12.1 Å². The minimum absolute atomic E-state index is 0.0297. The molecule has 128 valence electrons. The number of amides is 3. The van der Waals surface area contributed by atoms with Gasteiger partial charge in [0.1, 0.15) is 6.61 Å². The molecule has 3 rings (SSSR count). The lowest BCUT2D eigenvalue weighted by atomic mass is 9.95. The Morgan fingerprint density at radius 3 is 2.92 bits per heavy atom. The molecule has 24 heavy (non-hydrogen) atoms. The van der Waals surface area contributed by atoms with Crippen molar-refractivity contribution < 1.29 is 14.3 Å². The summed E-state index contributed by atoms with van der Waals surface area (Å²) < 4.78 is 4.94. The number of allylic oxidation sites excluding steroid dienone is 1. The fourth-order valence-corrected chi connectivity index (χ4v) is 3.09. The normalized spacial score (nSPS) is 18.6. The van der Waals surface area contributed by atoms with Crippen LogP contribution in [0.2, 0.25) is 0 Å². The highest BCUT2D eigenvalue weighted by Crippen LogP contribution is 2.23. The van der Waals surface area contributed by atoms with Gasteiger partial charge in [0.15, 0.2) is 0 Å². The number of hydrogen-bond donors (Lipinski definition) is 2. The molecule has 1 aliphatic carbocycles. The highest BCUT2D eigenvalue weighted by molar-refractivity contribution is 5.93. The molecular formula is C18H23N3O3. The van der Waals surface area contributed by atoms with Gasteiger partial charge in [-0.1, -0.05) is 17.7 Å². The van der Waals surface area contributed by atoms with E-state index in [0.717, 1.165) is 18.5 Å². The van der Waals surface area contributed by atoms with E-state index in [4.69, 9.17) is 4.74 Å². The third-order valence-electron chi connectivity index (χ3n) is 4.41. The number of anilines is 2. The summed E-state index contributed by atoms with van der Waals surface area (Å²) in [6.45, 7) is 2.93. The molecule has 3 amide bonds. The topological polar surface area (TPSA) is 70.7 Å². The van der Waals surface area contributed by atoms with Crippen LogP contribution in [-0.2, 0) is 4.74 Å². The van der Waals surface area contributed by atoms with Crippen LogP contribution in [0.25, 0.3) is 0 Å². The van der Waals surface area contributed by atoms with E-state index in [1.54, 1.807) is 17.0 Å². The van der Waals surface area contributed by atoms with Crippen LogP contribution < -0.4 is 15.5 Å². The van der Waals surface area contributed by atoms with Gasteiger partial charge in [0.05, 0.1) is 6.54 Å². The van der Waals surface area contributed by atoms with E-state index in [9.17, 15) is 9.59 Å². The van der Waals surface area contributed by atoms with Gasteiger partial charge in [-0.2, -0.15) is 0 Å². The Balaban J connectivity index is 1.60. The second-order valence-electron chi connectivity index (χ2n) is 6.16. The van der Waals surface area contributed by atoms with E-state index in [1.165, 1.54) is 18.4 Å². The first-order valence-electron chi connectivity index (χ1n) is 8.44. The number of nitrogens with zero attached hydrogens (tertiary/aromatic N) is 1.